The molecule has 1 aliphatic rings. The number of hydrogen-bond donors (Lipinski definition) is 2. The summed E-state index contributed by atoms with van der Waals surface area (Å²) in [4.78, 5) is 38.3. The Morgan fingerprint density at radius 3 is 2.67 bits per heavy atom. The first-order valence-electron chi connectivity index (χ1n) is 8.78. The summed E-state index contributed by atoms with van der Waals surface area (Å²) in [6, 6.07) is -0.0457. The van der Waals surface area contributed by atoms with Gasteiger partial charge >= 0.3 is 12.0 Å². The summed E-state index contributed by atoms with van der Waals surface area (Å²) < 4.78 is 0. The first-order valence-corrected chi connectivity index (χ1v) is 8.78. The second-order valence-corrected chi connectivity index (χ2v) is 7.05. The van der Waals surface area contributed by atoms with Crippen molar-refractivity contribution in [3.8, 4) is 0 Å². The summed E-state index contributed by atoms with van der Waals surface area (Å²) in [6.45, 7) is 6.57. The van der Waals surface area contributed by atoms with Gasteiger partial charge in [0.05, 0.1) is 0 Å². The van der Waals surface area contributed by atoms with Crippen molar-refractivity contribution < 1.29 is 19.5 Å². The molecule has 0 radical (unpaired) electrons. The molecule has 138 valence electrons. The number of carbonyl (C=O) groups is 3. The molecule has 7 heteroatoms. The van der Waals surface area contributed by atoms with E-state index in [1.54, 1.807) is 16.8 Å². The van der Waals surface area contributed by atoms with Gasteiger partial charge in [0.25, 0.3) is 0 Å². The van der Waals surface area contributed by atoms with Crippen molar-refractivity contribution in [1.82, 2.24) is 15.1 Å². The number of nitrogens with zero attached hydrogens (tertiary/aromatic N) is 2. The van der Waals surface area contributed by atoms with Gasteiger partial charge < -0.3 is 20.2 Å². The minimum absolute atomic E-state index is 0.0230. The molecular formula is C17H31N3O4. The molecule has 2 N–H and O–H groups in total. The molecular weight excluding hydrogens is 310 g/mol. The summed E-state index contributed by atoms with van der Waals surface area (Å²) in [5, 5.41) is 11.6. The molecule has 1 saturated heterocycles. The van der Waals surface area contributed by atoms with Crippen molar-refractivity contribution in [2.75, 3.05) is 33.2 Å². The number of amides is 3. The second-order valence-electron chi connectivity index (χ2n) is 7.05. The zero-order valence-corrected chi connectivity index (χ0v) is 15.1. The fourth-order valence-corrected chi connectivity index (χ4v) is 2.81. The molecule has 0 saturated carbocycles. The maximum absolute atomic E-state index is 12.2. The molecule has 1 heterocycles. The lowest BCUT2D eigenvalue weighted by Gasteiger charge is -2.33. The third kappa shape index (κ3) is 7.66. The molecule has 0 bridgehead atoms. The minimum Gasteiger partial charge on any atom is -0.481 e. The number of urea groups is 1. The monoisotopic (exact) mass is 341 g/mol. The lowest BCUT2D eigenvalue weighted by molar-refractivity contribution is -0.138. The number of likely N-dealkylation sites (tertiary alicyclic amines) is 1. The van der Waals surface area contributed by atoms with Crippen LogP contribution in [0.3, 0.4) is 0 Å². The highest BCUT2D eigenvalue weighted by molar-refractivity contribution is 5.77. The molecule has 0 aromatic rings. The number of carbonyl (C=O) groups excluding carboxylic acids is 2. The molecule has 0 aromatic carbocycles. The predicted molar refractivity (Wildman–Crippen MR) is 91.7 cm³/mol. The molecule has 3 amide bonds. The summed E-state index contributed by atoms with van der Waals surface area (Å²) in [5.41, 5.74) is 0. The van der Waals surface area contributed by atoms with Crippen LogP contribution in [0.5, 0.6) is 0 Å². The fraction of sp³-hybridized carbons (Fsp3) is 0.824. The molecule has 0 aromatic heterocycles. The number of piperidine rings is 1. The Morgan fingerprint density at radius 1 is 1.33 bits per heavy atom. The van der Waals surface area contributed by atoms with Gasteiger partial charge in [-0.1, -0.05) is 13.8 Å². The smallest absolute Gasteiger partial charge is 0.317 e. The van der Waals surface area contributed by atoms with Gasteiger partial charge in [-0.3, -0.25) is 9.59 Å². The SMILES string of the molecule is CC(C)CNC(=O)N1CCCC(CC(=O)N(C)CCCC(=O)O)C1. The molecule has 24 heavy (non-hydrogen) atoms. The molecule has 1 unspecified atom stereocenters. The van der Waals surface area contributed by atoms with E-state index in [-0.39, 0.29) is 24.3 Å². The van der Waals surface area contributed by atoms with E-state index in [0.717, 1.165) is 19.4 Å². The number of hydrogen-bond acceptors (Lipinski definition) is 3. The van der Waals surface area contributed by atoms with Crippen molar-refractivity contribution >= 4 is 17.9 Å². The van der Waals surface area contributed by atoms with Crippen LogP contribution in [0, 0.1) is 11.8 Å². The van der Waals surface area contributed by atoms with E-state index < -0.39 is 5.97 Å². The average molecular weight is 341 g/mol. The van der Waals surface area contributed by atoms with E-state index in [9.17, 15) is 14.4 Å². The van der Waals surface area contributed by atoms with E-state index in [2.05, 4.69) is 19.2 Å². The van der Waals surface area contributed by atoms with Gasteiger partial charge in [0.15, 0.2) is 0 Å². The van der Waals surface area contributed by atoms with Crippen molar-refractivity contribution in [1.29, 1.82) is 0 Å². The van der Waals surface area contributed by atoms with E-state index in [1.165, 1.54) is 0 Å². The molecule has 1 rings (SSSR count). The third-order valence-electron chi connectivity index (χ3n) is 4.24. The highest BCUT2D eigenvalue weighted by Gasteiger charge is 2.26. The molecule has 7 nitrogen and oxygen atoms in total. The number of aliphatic carboxylic acids is 1. The van der Waals surface area contributed by atoms with Gasteiger partial charge in [-0.25, -0.2) is 4.79 Å². The first-order chi connectivity index (χ1) is 11.3. The largest absolute Gasteiger partial charge is 0.481 e. The maximum Gasteiger partial charge on any atom is 0.317 e. The molecule has 1 fully saturated rings. The number of nitrogens with one attached hydrogen (secondary N) is 1. The quantitative estimate of drug-likeness (QED) is 0.704. The zero-order chi connectivity index (χ0) is 18.1. The van der Waals surface area contributed by atoms with Crippen LogP contribution in [0.25, 0.3) is 0 Å². The van der Waals surface area contributed by atoms with Crippen molar-refractivity contribution in [3.05, 3.63) is 0 Å². The lowest BCUT2D eigenvalue weighted by atomic mass is 9.94. The van der Waals surface area contributed by atoms with Crippen molar-refractivity contribution in [2.24, 2.45) is 11.8 Å². The Morgan fingerprint density at radius 2 is 2.04 bits per heavy atom. The number of carboxylic acid groups (broad SMARTS) is 1. The minimum atomic E-state index is -0.841. The zero-order valence-electron chi connectivity index (χ0n) is 15.1. The lowest BCUT2D eigenvalue weighted by Crippen LogP contribution is -2.47. The van der Waals surface area contributed by atoms with Gasteiger partial charge in [-0.2, -0.15) is 0 Å². The summed E-state index contributed by atoms with van der Waals surface area (Å²) >= 11 is 0. The van der Waals surface area contributed by atoms with Crippen LogP contribution in [0.15, 0.2) is 0 Å². The van der Waals surface area contributed by atoms with E-state index >= 15 is 0 Å². The number of rotatable bonds is 8. The second kappa shape index (κ2) is 10.2. The normalized spacial score (nSPS) is 17.7. The van der Waals surface area contributed by atoms with Crippen LogP contribution < -0.4 is 5.32 Å². The van der Waals surface area contributed by atoms with Crippen LogP contribution in [-0.4, -0.2) is 66.0 Å². The molecule has 0 spiro atoms. The van der Waals surface area contributed by atoms with Crippen LogP contribution in [0.1, 0.15) is 46.0 Å². The van der Waals surface area contributed by atoms with Gasteiger partial charge in [-0.15, -0.1) is 0 Å². The van der Waals surface area contributed by atoms with Crippen molar-refractivity contribution in [2.45, 2.75) is 46.0 Å². The van der Waals surface area contributed by atoms with Crippen LogP contribution in [-0.2, 0) is 9.59 Å². The third-order valence-corrected chi connectivity index (χ3v) is 4.24. The Hall–Kier alpha value is -1.79. The predicted octanol–water partition coefficient (Wildman–Crippen LogP) is 1.78. The first kappa shape index (κ1) is 20.3. The van der Waals surface area contributed by atoms with E-state index in [0.29, 0.717) is 38.4 Å². The highest BCUT2D eigenvalue weighted by Crippen LogP contribution is 2.20. The summed E-state index contributed by atoms with van der Waals surface area (Å²) in [5.74, 6) is -0.227. The topological polar surface area (TPSA) is 90.0 Å². The van der Waals surface area contributed by atoms with E-state index in [4.69, 9.17) is 5.11 Å². The Bertz CT molecular complexity index is 440. The van der Waals surface area contributed by atoms with E-state index in [1.807, 2.05) is 0 Å². The van der Waals surface area contributed by atoms with Crippen molar-refractivity contribution in [3.63, 3.8) is 0 Å². The standard InChI is InChI=1S/C17H31N3O4/c1-13(2)11-18-17(24)20-9-4-6-14(12-20)10-15(21)19(3)8-5-7-16(22)23/h13-14H,4-12H2,1-3H3,(H,18,24)(H,22,23). The fourth-order valence-electron chi connectivity index (χ4n) is 2.81. The molecule has 1 aliphatic heterocycles. The van der Waals surface area contributed by atoms with Gasteiger partial charge in [0.2, 0.25) is 5.91 Å². The Balaban J connectivity index is 2.37. The van der Waals surface area contributed by atoms with Gasteiger partial charge in [-0.05, 0) is 31.1 Å². The van der Waals surface area contributed by atoms with Gasteiger partial charge in [0.1, 0.15) is 0 Å². The molecule has 1 atom stereocenters. The summed E-state index contributed by atoms with van der Waals surface area (Å²) in [6.07, 6.45) is 2.81. The van der Waals surface area contributed by atoms with Gasteiger partial charge in [0, 0.05) is 46.1 Å². The average Bonchev–Trinajstić information content (AvgIpc) is 2.52. The van der Waals surface area contributed by atoms with Crippen LogP contribution in [0.2, 0.25) is 0 Å². The number of carboxylic acids is 1. The Labute approximate surface area is 144 Å². The Kier molecular flexibility index (Phi) is 8.57. The van der Waals surface area contributed by atoms with Crippen LogP contribution >= 0.6 is 0 Å². The molecule has 0 aliphatic carbocycles. The highest BCUT2D eigenvalue weighted by atomic mass is 16.4. The summed E-state index contributed by atoms with van der Waals surface area (Å²) in [7, 11) is 1.71. The van der Waals surface area contributed by atoms with Crippen LogP contribution in [0.4, 0.5) is 4.79 Å². The maximum atomic E-state index is 12.2.